The number of hydrogen-bond acceptors (Lipinski definition) is 7. The summed E-state index contributed by atoms with van der Waals surface area (Å²) in [5, 5.41) is 0. The van der Waals surface area contributed by atoms with E-state index in [-0.39, 0.29) is 48.5 Å². The van der Waals surface area contributed by atoms with Gasteiger partial charge in [0.25, 0.3) is 5.92 Å². The largest absolute Gasteiger partial charge is 0.444 e. The van der Waals surface area contributed by atoms with E-state index in [1.54, 1.807) is 23.6 Å². The highest BCUT2D eigenvalue weighted by Gasteiger charge is 2.44. The van der Waals surface area contributed by atoms with Crippen LogP contribution in [0.2, 0.25) is 0 Å². The van der Waals surface area contributed by atoms with Crippen LogP contribution in [-0.4, -0.2) is 108 Å². The number of ether oxygens (including phenoxy) is 2. The van der Waals surface area contributed by atoms with E-state index in [0.29, 0.717) is 50.8 Å². The van der Waals surface area contributed by atoms with Crippen molar-refractivity contribution in [1.29, 1.82) is 0 Å². The number of pyridine rings is 1. The van der Waals surface area contributed by atoms with Gasteiger partial charge in [0.2, 0.25) is 5.91 Å². The molecule has 0 unspecified atom stereocenters. The number of carbonyl (C=O) groups is 2. The Labute approximate surface area is 249 Å². The molecular weight excluding hydrogens is 544 g/mol. The van der Waals surface area contributed by atoms with Gasteiger partial charge in [-0.05, 0) is 39.7 Å². The smallest absolute Gasteiger partial charge is 0.410 e. The second kappa shape index (κ2) is 12.3. The third-order valence-electron chi connectivity index (χ3n) is 8.23. The highest BCUT2D eigenvalue weighted by molar-refractivity contribution is 5.97. The molecule has 0 bridgehead atoms. The monoisotopic (exact) mass is 593 g/mol. The Morgan fingerprint density at radius 2 is 1.83 bits per heavy atom. The van der Waals surface area contributed by atoms with Crippen molar-refractivity contribution in [2.24, 2.45) is 5.92 Å². The van der Waals surface area contributed by atoms with Gasteiger partial charge in [-0.15, -0.1) is 0 Å². The average Bonchev–Trinajstić information content (AvgIpc) is 3.14. The highest BCUT2D eigenvalue weighted by Crippen LogP contribution is 2.43. The third-order valence-corrected chi connectivity index (χ3v) is 8.23. The van der Waals surface area contributed by atoms with Crippen LogP contribution >= 0.6 is 0 Å². The average molecular weight is 594 g/mol. The van der Waals surface area contributed by atoms with Gasteiger partial charge in [0.1, 0.15) is 5.60 Å². The summed E-state index contributed by atoms with van der Waals surface area (Å²) in [5.41, 5.74) is -0.107. The van der Waals surface area contributed by atoms with Crippen LogP contribution < -0.4 is 4.90 Å². The van der Waals surface area contributed by atoms with Gasteiger partial charge in [-0.1, -0.05) is 27.7 Å². The highest BCUT2D eigenvalue weighted by atomic mass is 19.3. The fourth-order valence-electron chi connectivity index (χ4n) is 6.18. The van der Waals surface area contributed by atoms with E-state index in [2.05, 4.69) is 14.8 Å². The number of aromatic nitrogens is 1. The molecule has 0 radical (unpaired) electrons. The Hall–Kier alpha value is -2.37. The Morgan fingerprint density at radius 1 is 1.17 bits per heavy atom. The molecule has 11 heteroatoms. The molecule has 2 amide bonds. The molecule has 2 saturated heterocycles. The molecule has 2 atom stereocenters. The summed E-state index contributed by atoms with van der Waals surface area (Å²) in [7, 11) is 0. The van der Waals surface area contributed by atoms with Crippen LogP contribution in [-0.2, 0) is 25.6 Å². The SMILES string of the molecule is CC(C)CC(F)(F)c1cnc2c(c1)N(C(=O)CN1C[C@@H](C)N(C(=O)OC(C)(C)C)C[C@@H]1CN1CCOCC1)CC2(C)C. The molecule has 0 aromatic carbocycles. The van der Waals surface area contributed by atoms with Crippen LogP contribution in [0.15, 0.2) is 12.3 Å². The number of hydrogen-bond donors (Lipinski definition) is 0. The van der Waals surface area contributed by atoms with E-state index in [1.165, 1.54) is 12.3 Å². The number of nitrogens with zero attached hydrogens (tertiary/aromatic N) is 5. The number of carbonyl (C=O) groups excluding carboxylic acids is 2. The van der Waals surface area contributed by atoms with Crippen molar-refractivity contribution in [1.82, 2.24) is 19.7 Å². The normalized spacial score (nSPS) is 23.8. The van der Waals surface area contributed by atoms with Gasteiger partial charge < -0.3 is 19.3 Å². The molecule has 236 valence electrons. The van der Waals surface area contributed by atoms with E-state index >= 15 is 8.78 Å². The van der Waals surface area contributed by atoms with Gasteiger partial charge in [-0.25, -0.2) is 13.6 Å². The number of amides is 2. The molecule has 3 aliphatic heterocycles. The number of morpholine rings is 1. The fourth-order valence-corrected chi connectivity index (χ4v) is 6.18. The summed E-state index contributed by atoms with van der Waals surface area (Å²) in [4.78, 5) is 39.4. The van der Waals surface area contributed by atoms with Gasteiger partial charge in [-0.3, -0.25) is 19.6 Å². The van der Waals surface area contributed by atoms with E-state index in [1.807, 2.05) is 41.5 Å². The quantitative estimate of drug-likeness (QED) is 0.461. The maximum absolute atomic E-state index is 15.1. The lowest BCUT2D eigenvalue weighted by molar-refractivity contribution is -0.121. The Kier molecular flexibility index (Phi) is 9.55. The minimum atomic E-state index is -3.03. The van der Waals surface area contributed by atoms with Crippen LogP contribution in [0.4, 0.5) is 19.3 Å². The molecule has 0 spiro atoms. The second-order valence-electron chi connectivity index (χ2n) is 14.2. The first-order valence-electron chi connectivity index (χ1n) is 15.2. The van der Waals surface area contributed by atoms with Crippen LogP contribution in [0.3, 0.4) is 0 Å². The standard InChI is InChI=1S/C31H49F2N5O4/c1-21(2)14-31(32,33)23-13-25-27(34-15-23)30(7,8)20-38(25)26(39)19-36-16-22(3)37(28(40)42-29(4,5)6)18-24(36)17-35-9-11-41-12-10-35/h13,15,21-22,24H,9-12,14,16-20H2,1-8H3/t22-,24+/m1/s1. The van der Waals surface area contributed by atoms with Crippen molar-refractivity contribution in [2.45, 2.75) is 90.8 Å². The van der Waals surface area contributed by atoms with Gasteiger partial charge in [0.05, 0.1) is 31.1 Å². The lowest BCUT2D eigenvalue weighted by Crippen LogP contribution is -2.63. The molecule has 0 N–H and O–H groups in total. The zero-order valence-electron chi connectivity index (χ0n) is 26.6. The summed E-state index contributed by atoms with van der Waals surface area (Å²) in [5.74, 6) is -3.38. The van der Waals surface area contributed by atoms with Crippen molar-refractivity contribution in [2.75, 3.05) is 63.9 Å². The first-order chi connectivity index (χ1) is 19.5. The molecule has 0 saturated carbocycles. The molecule has 4 heterocycles. The summed E-state index contributed by atoms with van der Waals surface area (Å²) in [6, 6.07) is 1.19. The Morgan fingerprint density at radius 3 is 2.45 bits per heavy atom. The minimum absolute atomic E-state index is 0.106. The third kappa shape index (κ3) is 7.58. The van der Waals surface area contributed by atoms with Crippen LogP contribution in [0, 0.1) is 5.92 Å². The molecule has 1 aromatic heterocycles. The number of rotatable bonds is 7. The van der Waals surface area contributed by atoms with Crippen LogP contribution in [0.1, 0.15) is 73.1 Å². The fraction of sp³-hybridized carbons (Fsp3) is 0.774. The molecule has 1 aromatic rings. The van der Waals surface area contributed by atoms with Gasteiger partial charge in [-0.2, -0.15) is 0 Å². The van der Waals surface area contributed by atoms with Crippen molar-refractivity contribution in [3.8, 4) is 0 Å². The summed E-state index contributed by atoms with van der Waals surface area (Å²) in [6.07, 6.45) is 0.630. The van der Waals surface area contributed by atoms with Crippen LogP contribution in [0.5, 0.6) is 0 Å². The zero-order chi connectivity index (χ0) is 31.0. The number of alkyl halides is 2. The lowest BCUT2D eigenvalue weighted by atomic mass is 9.90. The van der Waals surface area contributed by atoms with E-state index in [0.717, 1.165) is 13.1 Å². The number of anilines is 1. The van der Waals surface area contributed by atoms with Crippen molar-refractivity contribution in [3.63, 3.8) is 0 Å². The summed E-state index contributed by atoms with van der Waals surface area (Å²) < 4.78 is 41.4. The predicted octanol–water partition coefficient (Wildman–Crippen LogP) is 4.49. The minimum Gasteiger partial charge on any atom is -0.444 e. The number of piperazine rings is 1. The summed E-state index contributed by atoms with van der Waals surface area (Å²) >= 11 is 0. The van der Waals surface area contributed by atoms with Gasteiger partial charge in [0, 0.05) is 74.9 Å². The maximum Gasteiger partial charge on any atom is 0.410 e. The molecule has 42 heavy (non-hydrogen) atoms. The van der Waals surface area contributed by atoms with E-state index in [4.69, 9.17) is 9.47 Å². The van der Waals surface area contributed by atoms with Gasteiger partial charge >= 0.3 is 6.09 Å². The molecular formula is C31H49F2N5O4. The Balaban J connectivity index is 1.57. The van der Waals surface area contributed by atoms with Crippen molar-refractivity contribution >= 4 is 17.7 Å². The molecule has 4 rings (SSSR count). The van der Waals surface area contributed by atoms with E-state index < -0.39 is 16.9 Å². The van der Waals surface area contributed by atoms with E-state index in [9.17, 15) is 9.59 Å². The summed E-state index contributed by atoms with van der Waals surface area (Å²) in [6.45, 7) is 20.0. The Bertz CT molecular complexity index is 1130. The van der Waals surface area contributed by atoms with Gasteiger partial charge in [0.15, 0.2) is 0 Å². The topological polar surface area (TPSA) is 78.5 Å². The first kappa shape index (κ1) is 32.5. The number of halogens is 2. The number of fused-ring (bicyclic) bond motifs is 1. The molecule has 0 aliphatic carbocycles. The van der Waals surface area contributed by atoms with Crippen molar-refractivity contribution < 1.29 is 27.8 Å². The predicted molar refractivity (Wildman–Crippen MR) is 158 cm³/mol. The van der Waals surface area contributed by atoms with Crippen LogP contribution in [0.25, 0.3) is 0 Å². The first-order valence-corrected chi connectivity index (χ1v) is 15.2. The molecule has 9 nitrogen and oxygen atoms in total. The lowest BCUT2D eigenvalue weighted by Gasteiger charge is -2.47. The van der Waals surface area contributed by atoms with Crippen molar-refractivity contribution in [3.05, 3.63) is 23.5 Å². The zero-order valence-corrected chi connectivity index (χ0v) is 26.6. The second-order valence-corrected chi connectivity index (χ2v) is 14.2. The maximum atomic E-state index is 15.1. The molecule has 3 aliphatic rings. The molecule has 2 fully saturated rings.